The quantitative estimate of drug-likeness (QED) is 0.567. The van der Waals surface area contributed by atoms with Gasteiger partial charge in [-0.3, -0.25) is 19.4 Å². The lowest BCUT2D eigenvalue weighted by atomic mass is 10.1. The summed E-state index contributed by atoms with van der Waals surface area (Å²) in [5.41, 5.74) is 2.79. The number of aromatic nitrogens is 1. The fourth-order valence-corrected chi connectivity index (χ4v) is 4.79. The van der Waals surface area contributed by atoms with E-state index in [0.717, 1.165) is 52.8 Å². The third kappa shape index (κ3) is 4.37. The first-order chi connectivity index (χ1) is 14.5. The van der Waals surface area contributed by atoms with Gasteiger partial charge in [-0.1, -0.05) is 23.5 Å². The molecule has 0 spiro atoms. The lowest BCUT2D eigenvalue weighted by Gasteiger charge is -2.36. The molecule has 0 aliphatic carbocycles. The predicted octanol–water partition coefficient (Wildman–Crippen LogP) is 3.67. The number of Topliss-reactive ketones (excluding diaryl/α,β-unsaturated/α-hetero) is 1. The second kappa shape index (κ2) is 8.93. The van der Waals surface area contributed by atoms with Crippen molar-refractivity contribution in [1.82, 2.24) is 9.88 Å². The molecule has 0 saturated carbocycles. The summed E-state index contributed by atoms with van der Waals surface area (Å²) in [6.45, 7) is 7.97. The Morgan fingerprint density at radius 3 is 2.37 bits per heavy atom. The minimum absolute atomic E-state index is 0.0819. The number of carbonyl (C=O) groups excluding carboxylic acids is 2. The monoisotopic (exact) mass is 422 g/mol. The maximum atomic E-state index is 13.0. The molecule has 2 aromatic carbocycles. The van der Waals surface area contributed by atoms with Crippen LogP contribution in [0.1, 0.15) is 24.2 Å². The topological polar surface area (TPSA) is 56.8 Å². The van der Waals surface area contributed by atoms with Gasteiger partial charge in [-0.25, -0.2) is 4.98 Å². The number of benzene rings is 2. The van der Waals surface area contributed by atoms with E-state index < -0.39 is 0 Å². The molecule has 0 N–H and O–H groups in total. The van der Waals surface area contributed by atoms with Crippen LogP contribution in [0.4, 0.5) is 10.8 Å². The summed E-state index contributed by atoms with van der Waals surface area (Å²) in [6.07, 6.45) is 0. The van der Waals surface area contributed by atoms with E-state index in [-0.39, 0.29) is 11.7 Å². The summed E-state index contributed by atoms with van der Waals surface area (Å²) in [7, 11) is 0. The zero-order valence-corrected chi connectivity index (χ0v) is 18.2. The van der Waals surface area contributed by atoms with E-state index in [1.54, 1.807) is 23.2 Å². The van der Waals surface area contributed by atoms with Crippen molar-refractivity contribution < 1.29 is 9.59 Å². The summed E-state index contributed by atoms with van der Waals surface area (Å²) in [5, 5.41) is 0.771. The maximum Gasteiger partial charge on any atom is 0.242 e. The van der Waals surface area contributed by atoms with Gasteiger partial charge >= 0.3 is 0 Å². The standard InChI is InChI=1S/C23H26N4O2S/c1-3-27(23-24-20-6-4-5-7-21(20)30-23)22(29)16-25-12-14-26(15-13-25)19-10-8-18(9-11-19)17(2)28/h4-11H,3,12-16H2,1-2H3. The van der Waals surface area contributed by atoms with Gasteiger partial charge in [0.05, 0.1) is 16.8 Å². The van der Waals surface area contributed by atoms with Gasteiger partial charge in [0, 0.05) is 44.0 Å². The summed E-state index contributed by atoms with van der Waals surface area (Å²) in [5.74, 6) is 0.175. The second-order valence-electron chi connectivity index (χ2n) is 7.47. The minimum Gasteiger partial charge on any atom is -0.369 e. The Labute approximate surface area is 180 Å². The van der Waals surface area contributed by atoms with Gasteiger partial charge in [-0.2, -0.15) is 0 Å². The van der Waals surface area contributed by atoms with Crippen LogP contribution in [0.2, 0.25) is 0 Å². The molecule has 0 unspecified atom stereocenters. The van der Waals surface area contributed by atoms with Crippen molar-refractivity contribution in [3.63, 3.8) is 0 Å². The molecule has 1 aliphatic rings. The Bertz CT molecular complexity index is 1010. The van der Waals surface area contributed by atoms with Crippen LogP contribution >= 0.6 is 11.3 Å². The number of nitrogens with zero attached hydrogens (tertiary/aromatic N) is 4. The number of para-hydroxylation sites is 1. The number of anilines is 2. The molecular weight excluding hydrogens is 396 g/mol. The number of fused-ring (bicyclic) bond motifs is 1. The minimum atomic E-state index is 0.0819. The summed E-state index contributed by atoms with van der Waals surface area (Å²) < 4.78 is 1.10. The van der Waals surface area contributed by atoms with Crippen LogP contribution in [0.5, 0.6) is 0 Å². The average Bonchev–Trinajstić information content (AvgIpc) is 3.18. The van der Waals surface area contributed by atoms with Crippen LogP contribution in [-0.2, 0) is 4.79 Å². The second-order valence-corrected chi connectivity index (χ2v) is 8.48. The molecule has 1 saturated heterocycles. The van der Waals surface area contributed by atoms with Crippen molar-refractivity contribution in [3.05, 3.63) is 54.1 Å². The molecule has 1 aliphatic heterocycles. The van der Waals surface area contributed by atoms with Crippen LogP contribution < -0.4 is 9.80 Å². The maximum absolute atomic E-state index is 13.0. The summed E-state index contributed by atoms with van der Waals surface area (Å²) in [6, 6.07) is 15.8. The van der Waals surface area contributed by atoms with Crippen molar-refractivity contribution in [1.29, 1.82) is 0 Å². The number of ketones is 1. The highest BCUT2D eigenvalue weighted by molar-refractivity contribution is 7.22. The summed E-state index contributed by atoms with van der Waals surface area (Å²) >= 11 is 1.56. The molecule has 0 bridgehead atoms. The van der Waals surface area contributed by atoms with E-state index in [2.05, 4.69) is 14.8 Å². The van der Waals surface area contributed by atoms with Crippen LogP contribution in [0, 0.1) is 0 Å². The van der Waals surface area contributed by atoms with E-state index in [9.17, 15) is 9.59 Å². The Kier molecular flexibility index (Phi) is 6.11. The predicted molar refractivity (Wildman–Crippen MR) is 123 cm³/mol. The van der Waals surface area contributed by atoms with Crippen molar-refractivity contribution in [2.45, 2.75) is 13.8 Å². The fraction of sp³-hybridized carbons (Fsp3) is 0.348. The molecule has 156 valence electrons. The van der Waals surface area contributed by atoms with Gasteiger partial charge in [-0.15, -0.1) is 0 Å². The number of hydrogen-bond donors (Lipinski definition) is 0. The average molecular weight is 423 g/mol. The number of carbonyl (C=O) groups is 2. The number of hydrogen-bond acceptors (Lipinski definition) is 6. The third-order valence-electron chi connectivity index (χ3n) is 5.50. The highest BCUT2D eigenvalue weighted by atomic mass is 32.1. The Morgan fingerprint density at radius 1 is 1.03 bits per heavy atom. The van der Waals surface area contributed by atoms with E-state index in [1.807, 2.05) is 55.5 Å². The molecule has 0 atom stereocenters. The summed E-state index contributed by atoms with van der Waals surface area (Å²) in [4.78, 5) is 35.4. The number of thiazole rings is 1. The van der Waals surface area contributed by atoms with Crippen LogP contribution in [-0.4, -0.2) is 60.8 Å². The van der Waals surface area contributed by atoms with Crippen molar-refractivity contribution in [2.75, 3.05) is 49.1 Å². The molecule has 0 radical (unpaired) electrons. The van der Waals surface area contributed by atoms with E-state index in [4.69, 9.17) is 0 Å². The zero-order chi connectivity index (χ0) is 21.1. The molecular formula is C23H26N4O2S. The lowest BCUT2D eigenvalue weighted by Crippen LogP contribution is -2.50. The van der Waals surface area contributed by atoms with Gasteiger partial charge in [0.1, 0.15) is 0 Å². The zero-order valence-electron chi connectivity index (χ0n) is 17.4. The Balaban J connectivity index is 1.35. The molecule has 1 fully saturated rings. The van der Waals surface area contributed by atoms with Crippen molar-refractivity contribution in [3.8, 4) is 0 Å². The first-order valence-electron chi connectivity index (χ1n) is 10.3. The van der Waals surface area contributed by atoms with Crippen LogP contribution in [0.25, 0.3) is 10.2 Å². The van der Waals surface area contributed by atoms with E-state index in [1.165, 1.54) is 0 Å². The van der Waals surface area contributed by atoms with Gasteiger partial charge in [0.25, 0.3) is 0 Å². The molecule has 2 heterocycles. The molecule has 1 aromatic heterocycles. The number of rotatable bonds is 6. The number of piperazine rings is 1. The van der Waals surface area contributed by atoms with Crippen LogP contribution in [0.3, 0.4) is 0 Å². The molecule has 3 aromatic rings. The molecule has 30 heavy (non-hydrogen) atoms. The number of likely N-dealkylation sites (N-methyl/N-ethyl adjacent to an activating group) is 1. The van der Waals surface area contributed by atoms with Gasteiger partial charge < -0.3 is 4.90 Å². The SMILES string of the molecule is CCN(C(=O)CN1CCN(c2ccc(C(C)=O)cc2)CC1)c1nc2ccccc2s1. The molecule has 1 amide bonds. The molecule has 6 nitrogen and oxygen atoms in total. The number of amides is 1. The normalized spacial score (nSPS) is 14.8. The van der Waals surface area contributed by atoms with Gasteiger partial charge in [0.2, 0.25) is 5.91 Å². The van der Waals surface area contributed by atoms with Crippen molar-refractivity contribution in [2.24, 2.45) is 0 Å². The van der Waals surface area contributed by atoms with E-state index in [0.29, 0.717) is 13.1 Å². The van der Waals surface area contributed by atoms with E-state index >= 15 is 0 Å². The Morgan fingerprint density at radius 2 is 1.73 bits per heavy atom. The highest BCUT2D eigenvalue weighted by Gasteiger charge is 2.23. The van der Waals surface area contributed by atoms with Gasteiger partial charge in [0.15, 0.2) is 10.9 Å². The molecule has 7 heteroatoms. The first kappa shape index (κ1) is 20.5. The van der Waals surface area contributed by atoms with Crippen molar-refractivity contribution >= 4 is 44.1 Å². The molecule has 4 rings (SSSR count). The smallest absolute Gasteiger partial charge is 0.242 e. The first-order valence-corrected chi connectivity index (χ1v) is 11.1. The highest BCUT2D eigenvalue weighted by Crippen LogP contribution is 2.28. The third-order valence-corrected chi connectivity index (χ3v) is 6.56. The fourth-order valence-electron chi connectivity index (χ4n) is 3.74. The Hall–Kier alpha value is -2.77. The van der Waals surface area contributed by atoms with Gasteiger partial charge in [-0.05, 0) is 50.2 Å². The van der Waals surface area contributed by atoms with Crippen LogP contribution in [0.15, 0.2) is 48.5 Å². The lowest BCUT2D eigenvalue weighted by molar-refractivity contribution is -0.119. The largest absolute Gasteiger partial charge is 0.369 e.